The van der Waals surface area contributed by atoms with Crippen molar-refractivity contribution in [1.82, 2.24) is 10.6 Å². The Bertz CT molecular complexity index is 1050. The van der Waals surface area contributed by atoms with E-state index in [4.69, 9.17) is 0 Å². The fourth-order valence-corrected chi connectivity index (χ4v) is 3.97. The molecule has 3 N–H and O–H groups in total. The van der Waals surface area contributed by atoms with Crippen LogP contribution in [0.15, 0.2) is 35.7 Å². The zero-order valence-electron chi connectivity index (χ0n) is 15.4. The summed E-state index contributed by atoms with van der Waals surface area (Å²) in [6, 6.07) is 0.787. The minimum absolute atomic E-state index is 0.248. The summed E-state index contributed by atoms with van der Waals surface area (Å²) in [7, 11) is 0. The molecule has 1 fully saturated rings. The number of benzene rings is 1. The number of nitrogens with zero attached hydrogens (tertiary/aromatic N) is 1. The average Bonchev–Trinajstić information content (AvgIpc) is 3.20. The van der Waals surface area contributed by atoms with Crippen LogP contribution in [0.2, 0.25) is 0 Å². The molecule has 2 aromatic rings. The van der Waals surface area contributed by atoms with Crippen LogP contribution in [0.5, 0.6) is 5.75 Å². The van der Waals surface area contributed by atoms with E-state index in [0.29, 0.717) is 12.1 Å². The normalized spacial score (nSPS) is 23.4. The molecule has 0 saturated carbocycles. The van der Waals surface area contributed by atoms with E-state index in [1.165, 1.54) is 16.8 Å². The number of thiophene rings is 1. The summed E-state index contributed by atoms with van der Waals surface area (Å²) in [4.78, 5) is 34.9. The quantitative estimate of drug-likeness (QED) is 0.251. The van der Waals surface area contributed by atoms with Crippen LogP contribution in [-0.4, -0.2) is 40.4 Å². The van der Waals surface area contributed by atoms with Gasteiger partial charge in [0.2, 0.25) is 5.72 Å². The summed E-state index contributed by atoms with van der Waals surface area (Å²) in [6.07, 6.45) is -5.59. The van der Waals surface area contributed by atoms with E-state index in [0.717, 1.165) is 23.5 Å². The molecule has 0 radical (unpaired) electrons. The van der Waals surface area contributed by atoms with Gasteiger partial charge in [0.1, 0.15) is 11.7 Å². The van der Waals surface area contributed by atoms with Gasteiger partial charge < -0.3 is 20.5 Å². The first-order valence-corrected chi connectivity index (χ1v) is 9.41. The largest absolute Gasteiger partial charge is 0.437 e. The number of alkyl halides is 5. The maximum Gasteiger partial charge on any atom is 0.437 e. The van der Waals surface area contributed by atoms with E-state index in [1.807, 2.05) is 5.32 Å². The first-order chi connectivity index (χ1) is 14.8. The van der Waals surface area contributed by atoms with Crippen molar-refractivity contribution >= 4 is 28.8 Å². The van der Waals surface area contributed by atoms with Crippen LogP contribution in [-0.2, 0) is 0 Å². The monoisotopic (exact) mass is 481 g/mol. The number of amides is 2. The predicted octanol–water partition coefficient (Wildman–Crippen LogP) is 3.36. The second-order valence-corrected chi connectivity index (χ2v) is 7.46. The highest BCUT2D eigenvalue weighted by molar-refractivity contribution is 7.12. The molecule has 0 aliphatic carbocycles. The van der Waals surface area contributed by atoms with Crippen LogP contribution >= 0.6 is 11.3 Å². The number of nitro benzene ring substituents is 1. The van der Waals surface area contributed by atoms with Gasteiger partial charge in [-0.25, -0.2) is 4.79 Å². The molecule has 3 atom stereocenters. The molecule has 2 heterocycles. The predicted molar refractivity (Wildman–Crippen MR) is 97.3 cm³/mol. The van der Waals surface area contributed by atoms with Crippen LogP contribution in [0.25, 0.3) is 0 Å². The maximum absolute atomic E-state index is 13.9. The number of halogens is 5. The number of hydrogen-bond donors (Lipinski definition) is 3. The van der Waals surface area contributed by atoms with Gasteiger partial charge in [-0.05, 0) is 17.5 Å². The van der Waals surface area contributed by atoms with Crippen molar-refractivity contribution < 1.29 is 46.3 Å². The van der Waals surface area contributed by atoms with E-state index >= 15 is 0 Å². The number of carbonyl (C=O) groups is 2. The van der Waals surface area contributed by atoms with Crippen molar-refractivity contribution in [3.63, 3.8) is 0 Å². The molecule has 172 valence electrons. The molecule has 1 aromatic carbocycles. The van der Waals surface area contributed by atoms with Crippen LogP contribution in [0.4, 0.5) is 32.4 Å². The summed E-state index contributed by atoms with van der Waals surface area (Å²) in [6.45, 7) is -3.49. The van der Waals surface area contributed by atoms with Gasteiger partial charge >= 0.3 is 18.8 Å². The standard InChI is InChI=1S/C17H12F5N3O6S/c18-14(19)31-9-4-3-7(25(29)30)6-8(9)12-11(13(26)10-2-1-5-32-10)16(28,17(20,21)22)24-15(27)23-12/h1-6,11-12,14,28H,(H2,23,24,27)/t11-,12+,16+/m0/s1. The van der Waals surface area contributed by atoms with E-state index in [-0.39, 0.29) is 4.88 Å². The fraction of sp³-hybridized carbons (Fsp3) is 0.294. The average molecular weight is 481 g/mol. The summed E-state index contributed by atoms with van der Waals surface area (Å²) in [5.74, 6) is -4.68. The number of ether oxygens (including phenoxy) is 1. The van der Waals surface area contributed by atoms with Gasteiger partial charge in [0.25, 0.3) is 5.69 Å². The van der Waals surface area contributed by atoms with Gasteiger partial charge in [0.15, 0.2) is 5.78 Å². The highest BCUT2D eigenvalue weighted by Gasteiger charge is 2.66. The first-order valence-electron chi connectivity index (χ1n) is 8.54. The zero-order valence-corrected chi connectivity index (χ0v) is 16.2. The number of non-ortho nitro benzene ring substituents is 1. The maximum atomic E-state index is 13.9. The molecule has 2 amide bonds. The topological polar surface area (TPSA) is 131 Å². The Morgan fingerprint density at radius 1 is 1.31 bits per heavy atom. The third kappa shape index (κ3) is 4.20. The number of rotatable bonds is 6. The Kier molecular flexibility index (Phi) is 6.06. The van der Waals surface area contributed by atoms with Crippen molar-refractivity contribution in [2.45, 2.75) is 24.6 Å². The highest BCUT2D eigenvalue weighted by Crippen LogP contribution is 2.46. The molecule has 15 heteroatoms. The Hall–Kier alpha value is -3.33. The number of ketones is 1. The summed E-state index contributed by atoms with van der Waals surface area (Å²) in [5, 5.41) is 26.2. The lowest BCUT2D eigenvalue weighted by Crippen LogP contribution is -2.72. The Morgan fingerprint density at radius 3 is 2.53 bits per heavy atom. The summed E-state index contributed by atoms with van der Waals surface area (Å²) >= 11 is 0.729. The number of carbonyl (C=O) groups excluding carboxylic acids is 2. The van der Waals surface area contributed by atoms with Crippen LogP contribution in [0.1, 0.15) is 21.3 Å². The van der Waals surface area contributed by atoms with Gasteiger partial charge in [0.05, 0.1) is 15.8 Å². The van der Waals surface area contributed by atoms with Gasteiger partial charge in [-0.15, -0.1) is 11.3 Å². The van der Waals surface area contributed by atoms with Crippen molar-refractivity contribution in [1.29, 1.82) is 0 Å². The number of nitro groups is 1. The smallest absolute Gasteiger partial charge is 0.434 e. The van der Waals surface area contributed by atoms with Gasteiger partial charge in [-0.2, -0.15) is 22.0 Å². The van der Waals surface area contributed by atoms with E-state index < -0.39 is 64.2 Å². The molecule has 0 bridgehead atoms. The molecular formula is C17H12F5N3O6S. The number of urea groups is 1. The molecule has 1 saturated heterocycles. The summed E-state index contributed by atoms with van der Waals surface area (Å²) in [5.41, 5.74) is -5.60. The zero-order chi connectivity index (χ0) is 23.8. The SMILES string of the molecule is O=C1N[C@H](c2cc([N+](=O)[O-])ccc2OC(F)F)[C@@H](C(=O)c2cccs2)[C@@](O)(C(F)(F)F)N1. The minimum atomic E-state index is -5.59. The Morgan fingerprint density at radius 2 is 2.00 bits per heavy atom. The number of nitrogens with one attached hydrogen (secondary N) is 2. The van der Waals surface area contributed by atoms with E-state index in [2.05, 4.69) is 4.74 Å². The van der Waals surface area contributed by atoms with Crippen molar-refractivity contribution in [3.05, 3.63) is 56.3 Å². The van der Waals surface area contributed by atoms with Crippen molar-refractivity contribution in [2.24, 2.45) is 5.92 Å². The van der Waals surface area contributed by atoms with Gasteiger partial charge in [0, 0.05) is 17.7 Å². The number of Topliss-reactive ketones (excluding diaryl/α,β-unsaturated/α-hetero) is 1. The molecule has 1 aliphatic rings. The fourth-order valence-electron chi connectivity index (χ4n) is 3.27. The Balaban J connectivity index is 2.26. The van der Waals surface area contributed by atoms with Crippen molar-refractivity contribution in [3.8, 4) is 5.75 Å². The number of hydrogen-bond acceptors (Lipinski definition) is 7. The molecule has 1 aromatic heterocycles. The molecular weight excluding hydrogens is 469 g/mol. The lowest BCUT2D eigenvalue weighted by Gasteiger charge is -2.45. The number of aliphatic hydroxyl groups is 1. The van der Waals surface area contributed by atoms with Crippen LogP contribution < -0.4 is 15.4 Å². The van der Waals surface area contributed by atoms with Crippen LogP contribution in [0, 0.1) is 16.0 Å². The second-order valence-electron chi connectivity index (χ2n) is 6.52. The molecule has 0 unspecified atom stereocenters. The molecule has 32 heavy (non-hydrogen) atoms. The summed E-state index contributed by atoms with van der Waals surface area (Å²) < 4.78 is 71.6. The second kappa shape index (κ2) is 8.31. The van der Waals surface area contributed by atoms with E-state index in [9.17, 15) is 46.8 Å². The van der Waals surface area contributed by atoms with Gasteiger partial charge in [-0.3, -0.25) is 14.9 Å². The molecule has 9 nitrogen and oxygen atoms in total. The lowest BCUT2D eigenvalue weighted by atomic mass is 9.78. The molecule has 0 spiro atoms. The highest BCUT2D eigenvalue weighted by atomic mass is 32.1. The first kappa shape index (κ1) is 23.3. The third-order valence-electron chi connectivity index (χ3n) is 4.61. The molecule has 3 rings (SSSR count). The molecule has 1 aliphatic heterocycles. The van der Waals surface area contributed by atoms with Crippen LogP contribution in [0.3, 0.4) is 0 Å². The van der Waals surface area contributed by atoms with Gasteiger partial charge in [-0.1, -0.05) is 6.07 Å². The third-order valence-corrected chi connectivity index (χ3v) is 5.49. The minimum Gasteiger partial charge on any atom is -0.434 e. The lowest BCUT2D eigenvalue weighted by molar-refractivity contribution is -0.385. The Labute approximate surface area is 178 Å². The van der Waals surface area contributed by atoms with E-state index in [1.54, 1.807) is 0 Å². The van der Waals surface area contributed by atoms with Crippen molar-refractivity contribution in [2.75, 3.05) is 0 Å².